The van der Waals surface area contributed by atoms with Gasteiger partial charge >= 0.3 is 0 Å². The molecule has 0 radical (unpaired) electrons. The van der Waals surface area contributed by atoms with Gasteiger partial charge in [-0.05, 0) is 68.9 Å². The van der Waals surface area contributed by atoms with Gasteiger partial charge in [0.05, 0.1) is 23.5 Å². The Bertz CT molecular complexity index is 786. The molecule has 3 rings (SSSR count). The number of furan rings is 1. The number of benzene rings is 1. The Kier molecular flexibility index (Phi) is 6.22. The molecule has 1 fully saturated rings. The monoisotopic (exact) mass is 388 g/mol. The minimum absolute atomic E-state index is 0.0155. The second kappa shape index (κ2) is 8.61. The van der Waals surface area contributed by atoms with E-state index in [1.54, 1.807) is 12.3 Å². The van der Waals surface area contributed by atoms with Gasteiger partial charge < -0.3 is 15.1 Å². The largest absolute Gasteiger partial charge is 0.467 e. The Balaban J connectivity index is 1.50. The van der Waals surface area contributed by atoms with Crippen LogP contribution in [0.2, 0.25) is 5.02 Å². The second-order valence-corrected chi connectivity index (χ2v) is 7.68. The van der Waals surface area contributed by atoms with Crippen molar-refractivity contribution in [2.24, 2.45) is 11.8 Å². The third-order valence-electron chi connectivity index (χ3n) is 5.17. The number of hydrogen-bond donors (Lipinski definition) is 2. The molecule has 0 bridgehead atoms. The van der Waals surface area contributed by atoms with Crippen LogP contribution in [0.25, 0.3) is 0 Å². The average molecular weight is 389 g/mol. The normalized spacial score (nSPS) is 19.5. The SMILES string of the molecule is Cc1cc(C)c(NC(=O)C2CCC(C(=O)NCc3ccco3)CC2)c(Cl)c1. The standard InChI is InChI=1S/C21H25ClN2O3/c1-13-10-14(2)19(18(22)11-13)24-21(26)16-7-5-15(6-8-16)20(25)23-12-17-4-3-9-27-17/h3-4,9-11,15-16H,5-8,12H2,1-2H3,(H,23,25)(H,24,26). The van der Waals surface area contributed by atoms with Crippen LogP contribution in [0.5, 0.6) is 0 Å². The predicted molar refractivity (Wildman–Crippen MR) is 106 cm³/mol. The highest BCUT2D eigenvalue weighted by Crippen LogP contribution is 2.32. The van der Waals surface area contributed by atoms with Crippen molar-refractivity contribution >= 4 is 29.1 Å². The van der Waals surface area contributed by atoms with Gasteiger partial charge in [-0.15, -0.1) is 0 Å². The summed E-state index contributed by atoms with van der Waals surface area (Å²) in [6.45, 7) is 4.31. The number of amides is 2. The molecule has 1 saturated carbocycles. The van der Waals surface area contributed by atoms with Gasteiger partial charge in [-0.3, -0.25) is 9.59 Å². The summed E-state index contributed by atoms with van der Waals surface area (Å²) in [5, 5.41) is 6.45. The molecule has 5 nitrogen and oxygen atoms in total. The summed E-state index contributed by atoms with van der Waals surface area (Å²) in [5.74, 6) is 0.618. The molecular formula is C21H25ClN2O3. The summed E-state index contributed by atoms with van der Waals surface area (Å²) in [6.07, 6.45) is 4.42. The zero-order chi connectivity index (χ0) is 19.4. The van der Waals surface area contributed by atoms with E-state index in [0.717, 1.165) is 16.9 Å². The number of carbonyl (C=O) groups excluding carboxylic acids is 2. The van der Waals surface area contributed by atoms with E-state index in [1.807, 2.05) is 32.0 Å². The maximum Gasteiger partial charge on any atom is 0.227 e. The first-order valence-electron chi connectivity index (χ1n) is 9.31. The molecular weight excluding hydrogens is 364 g/mol. The van der Waals surface area contributed by atoms with E-state index >= 15 is 0 Å². The fourth-order valence-corrected chi connectivity index (χ4v) is 4.02. The van der Waals surface area contributed by atoms with Crippen molar-refractivity contribution in [1.29, 1.82) is 0 Å². The van der Waals surface area contributed by atoms with E-state index < -0.39 is 0 Å². The summed E-state index contributed by atoms with van der Waals surface area (Å²) in [6, 6.07) is 7.49. The van der Waals surface area contributed by atoms with Crippen LogP contribution in [0.1, 0.15) is 42.6 Å². The highest BCUT2D eigenvalue weighted by Gasteiger charge is 2.30. The molecule has 1 aromatic carbocycles. The summed E-state index contributed by atoms with van der Waals surface area (Å²) >= 11 is 6.28. The number of hydrogen-bond acceptors (Lipinski definition) is 3. The summed E-state index contributed by atoms with van der Waals surface area (Å²) in [4.78, 5) is 24.9. The molecule has 0 aliphatic heterocycles. The summed E-state index contributed by atoms with van der Waals surface area (Å²) in [5.41, 5.74) is 2.71. The highest BCUT2D eigenvalue weighted by atomic mass is 35.5. The molecule has 27 heavy (non-hydrogen) atoms. The van der Waals surface area contributed by atoms with Crippen molar-refractivity contribution in [3.63, 3.8) is 0 Å². The first-order chi connectivity index (χ1) is 12.9. The summed E-state index contributed by atoms with van der Waals surface area (Å²) < 4.78 is 5.22. The number of aryl methyl sites for hydroxylation is 2. The molecule has 1 aromatic heterocycles. The number of carbonyl (C=O) groups is 2. The van der Waals surface area contributed by atoms with Crippen LogP contribution >= 0.6 is 11.6 Å². The summed E-state index contributed by atoms with van der Waals surface area (Å²) in [7, 11) is 0. The van der Waals surface area contributed by atoms with Gasteiger partial charge in [-0.25, -0.2) is 0 Å². The van der Waals surface area contributed by atoms with Crippen molar-refractivity contribution in [2.75, 3.05) is 5.32 Å². The van der Waals surface area contributed by atoms with Crippen LogP contribution in [0, 0.1) is 25.7 Å². The van der Waals surface area contributed by atoms with Crippen LogP contribution in [0.3, 0.4) is 0 Å². The lowest BCUT2D eigenvalue weighted by atomic mass is 9.81. The van der Waals surface area contributed by atoms with Crippen molar-refractivity contribution in [1.82, 2.24) is 5.32 Å². The zero-order valence-electron chi connectivity index (χ0n) is 15.7. The fraction of sp³-hybridized carbons (Fsp3) is 0.429. The molecule has 2 aromatic rings. The maximum absolute atomic E-state index is 12.6. The number of halogens is 1. The third kappa shape index (κ3) is 4.92. The topological polar surface area (TPSA) is 71.3 Å². The van der Waals surface area contributed by atoms with E-state index in [2.05, 4.69) is 10.6 Å². The Labute approximate surface area is 164 Å². The van der Waals surface area contributed by atoms with E-state index in [-0.39, 0.29) is 23.7 Å². The van der Waals surface area contributed by atoms with E-state index in [0.29, 0.717) is 42.9 Å². The van der Waals surface area contributed by atoms with Crippen LogP contribution in [-0.2, 0) is 16.1 Å². The van der Waals surface area contributed by atoms with Crippen LogP contribution in [-0.4, -0.2) is 11.8 Å². The molecule has 6 heteroatoms. The van der Waals surface area contributed by atoms with E-state index in [1.165, 1.54) is 0 Å². The average Bonchev–Trinajstić information content (AvgIpc) is 3.16. The molecule has 1 aliphatic carbocycles. The van der Waals surface area contributed by atoms with Crippen molar-refractivity contribution in [3.05, 3.63) is 52.4 Å². The van der Waals surface area contributed by atoms with E-state index in [4.69, 9.17) is 16.0 Å². The lowest BCUT2D eigenvalue weighted by Crippen LogP contribution is -2.35. The van der Waals surface area contributed by atoms with Crippen LogP contribution in [0.4, 0.5) is 5.69 Å². The molecule has 0 unspecified atom stereocenters. The van der Waals surface area contributed by atoms with Gasteiger partial charge in [0, 0.05) is 11.8 Å². The number of rotatable bonds is 5. The lowest BCUT2D eigenvalue weighted by molar-refractivity contribution is -0.128. The van der Waals surface area contributed by atoms with Crippen LogP contribution < -0.4 is 10.6 Å². The molecule has 1 aliphatic rings. The van der Waals surface area contributed by atoms with E-state index in [9.17, 15) is 9.59 Å². The fourth-order valence-electron chi connectivity index (χ4n) is 3.65. The Morgan fingerprint density at radius 1 is 1.11 bits per heavy atom. The minimum Gasteiger partial charge on any atom is -0.467 e. The predicted octanol–water partition coefficient (Wildman–Crippen LogP) is 4.61. The van der Waals surface area contributed by atoms with Crippen molar-refractivity contribution in [2.45, 2.75) is 46.1 Å². The quantitative estimate of drug-likeness (QED) is 0.785. The van der Waals surface area contributed by atoms with Gasteiger partial charge in [0.15, 0.2) is 0 Å². The van der Waals surface area contributed by atoms with Crippen molar-refractivity contribution < 1.29 is 14.0 Å². The molecule has 0 atom stereocenters. The van der Waals surface area contributed by atoms with Gasteiger partial charge in [0.2, 0.25) is 11.8 Å². The molecule has 0 saturated heterocycles. The Hall–Kier alpha value is -2.27. The van der Waals surface area contributed by atoms with Gasteiger partial charge in [0.25, 0.3) is 0 Å². The highest BCUT2D eigenvalue weighted by molar-refractivity contribution is 6.34. The first-order valence-corrected chi connectivity index (χ1v) is 9.69. The van der Waals surface area contributed by atoms with Gasteiger partial charge in [-0.1, -0.05) is 17.7 Å². The van der Waals surface area contributed by atoms with Crippen LogP contribution in [0.15, 0.2) is 34.9 Å². The molecule has 0 spiro atoms. The number of nitrogens with one attached hydrogen (secondary N) is 2. The van der Waals surface area contributed by atoms with Crippen molar-refractivity contribution in [3.8, 4) is 0 Å². The minimum atomic E-state index is -0.0871. The third-order valence-corrected chi connectivity index (χ3v) is 5.46. The number of anilines is 1. The van der Waals surface area contributed by atoms with Gasteiger partial charge in [-0.2, -0.15) is 0 Å². The zero-order valence-corrected chi connectivity index (χ0v) is 16.4. The Morgan fingerprint density at radius 3 is 2.37 bits per heavy atom. The molecule has 1 heterocycles. The van der Waals surface area contributed by atoms with Gasteiger partial charge in [0.1, 0.15) is 5.76 Å². The Morgan fingerprint density at radius 2 is 1.78 bits per heavy atom. The first kappa shape index (κ1) is 19.5. The maximum atomic E-state index is 12.6. The second-order valence-electron chi connectivity index (χ2n) is 7.27. The lowest BCUT2D eigenvalue weighted by Gasteiger charge is -2.27. The molecule has 144 valence electrons. The molecule has 2 N–H and O–H groups in total. The molecule has 2 amide bonds. The smallest absolute Gasteiger partial charge is 0.227 e.